The summed E-state index contributed by atoms with van der Waals surface area (Å²) in [5.41, 5.74) is 3.56. The van der Waals surface area contributed by atoms with Crippen LogP contribution in [0.15, 0.2) is 46.9 Å². The van der Waals surface area contributed by atoms with Gasteiger partial charge < -0.3 is 9.32 Å². The van der Waals surface area contributed by atoms with Crippen molar-refractivity contribution in [3.63, 3.8) is 0 Å². The molecule has 1 unspecified atom stereocenters. The molecule has 0 amide bonds. The van der Waals surface area contributed by atoms with E-state index in [0.29, 0.717) is 17.2 Å². The van der Waals surface area contributed by atoms with Gasteiger partial charge in [0.2, 0.25) is 0 Å². The van der Waals surface area contributed by atoms with Crippen molar-refractivity contribution in [2.75, 3.05) is 13.1 Å². The van der Waals surface area contributed by atoms with E-state index in [0.717, 1.165) is 40.8 Å². The predicted molar refractivity (Wildman–Crippen MR) is 105 cm³/mol. The third-order valence-electron chi connectivity index (χ3n) is 5.50. The van der Waals surface area contributed by atoms with Crippen LogP contribution in [-0.4, -0.2) is 24.0 Å². The van der Waals surface area contributed by atoms with Crippen LogP contribution in [0.2, 0.25) is 0 Å². The van der Waals surface area contributed by atoms with Gasteiger partial charge in [0, 0.05) is 24.4 Å². The predicted octanol–water partition coefficient (Wildman–Crippen LogP) is 4.87. The number of hydrogen-bond acceptors (Lipinski definition) is 4. The largest absolute Gasteiger partial charge is 0.461 e. The van der Waals surface area contributed by atoms with Crippen LogP contribution in [0.1, 0.15) is 36.7 Å². The van der Waals surface area contributed by atoms with Crippen LogP contribution in [0.3, 0.4) is 0 Å². The molecule has 0 bridgehead atoms. The first-order valence-corrected chi connectivity index (χ1v) is 9.39. The highest BCUT2D eigenvalue weighted by Crippen LogP contribution is 2.28. The van der Waals surface area contributed by atoms with Crippen LogP contribution in [0.4, 0.5) is 0 Å². The summed E-state index contributed by atoms with van der Waals surface area (Å²) in [6, 6.07) is 18.4. The molecule has 0 radical (unpaired) electrons. The summed E-state index contributed by atoms with van der Waals surface area (Å²) in [7, 11) is 0. The van der Waals surface area contributed by atoms with Crippen molar-refractivity contribution in [2.24, 2.45) is 0 Å². The van der Waals surface area contributed by atoms with Crippen molar-refractivity contribution in [3.8, 4) is 23.3 Å². The van der Waals surface area contributed by atoms with E-state index in [2.05, 4.69) is 36.1 Å². The Kier molecular flexibility index (Phi) is 4.67. The van der Waals surface area contributed by atoms with Crippen molar-refractivity contribution in [3.05, 3.63) is 59.4 Å². The number of furan rings is 1. The van der Waals surface area contributed by atoms with Crippen molar-refractivity contribution >= 4 is 11.0 Å². The lowest BCUT2D eigenvalue weighted by Crippen LogP contribution is -2.28. The lowest BCUT2D eigenvalue weighted by Gasteiger charge is -2.19. The van der Waals surface area contributed by atoms with Gasteiger partial charge in [0.1, 0.15) is 23.5 Å². The molecule has 0 N–H and O–H groups in total. The first kappa shape index (κ1) is 17.3. The molecule has 1 fully saturated rings. The van der Waals surface area contributed by atoms with Crippen LogP contribution in [0.25, 0.3) is 22.1 Å². The van der Waals surface area contributed by atoms with Gasteiger partial charge in [0.25, 0.3) is 0 Å². The zero-order valence-electron chi connectivity index (χ0n) is 15.4. The van der Waals surface area contributed by atoms with Crippen LogP contribution >= 0.6 is 0 Å². The smallest absolute Gasteiger partial charge is 0.134 e. The molecule has 4 rings (SSSR count). The summed E-state index contributed by atoms with van der Waals surface area (Å²) < 4.78 is 6.08. The molecule has 27 heavy (non-hydrogen) atoms. The van der Waals surface area contributed by atoms with Gasteiger partial charge in [-0.3, -0.25) is 0 Å². The van der Waals surface area contributed by atoms with E-state index in [1.54, 1.807) is 12.1 Å². The average Bonchev–Trinajstić information content (AvgIpc) is 3.30. The molecule has 4 nitrogen and oxygen atoms in total. The van der Waals surface area contributed by atoms with Crippen LogP contribution in [0, 0.1) is 22.7 Å². The Morgan fingerprint density at radius 1 is 1.04 bits per heavy atom. The SMILES string of the molecule is CC1CCCN1CCc1cc2ccc(-c3ccc(C#N)c(C#N)c3)cc2o1. The second kappa shape index (κ2) is 7.27. The fourth-order valence-corrected chi connectivity index (χ4v) is 3.88. The molecule has 1 aliphatic rings. The van der Waals surface area contributed by atoms with Crippen molar-refractivity contribution in [1.29, 1.82) is 10.5 Å². The highest BCUT2D eigenvalue weighted by Gasteiger charge is 2.20. The molecule has 2 aromatic carbocycles. The summed E-state index contributed by atoms with van der Waals surface area (Å²) in [6.45, 7) is 4.52. The van der Waals surface area contributed by atoms with E-state index >= 15 is 0 Å². The maximum atomic E-state index is 9.24. The van der Waals surface area contributed by atoms with Gasteiger partial charge in [-0.15, -0.1) is 0 Å². The summed E-state index contributed by atoms with van der Waals surface area (Å²) >= 11 is 0. The van der Waals surface area contributed by atoms with Crippen LogP contribution in [-0.2, 0) is 6.42 Å². The Balaban J connectivity index is 1.58. The first-order valence-electron chi connectivity index (χ1n) is 9.39. The summed E-state index contributed by atoms with van der Waals surface area (Å²) in [6.07, 6.45) is 3.50. The Hall–Kier alpha value is -3.08. The maximum absolute atomic E-state index is 9.24. The van der Waals surface area contributed by atoms with E-state index in [1.807, 2.05) is 18.2 Å². The van der Waals surface area contributed by atoms with Crippen molar-refractivity contribution < 1.29 is 4.42 Å². The number of fused-ring (bicyclic) bond motifs is 1. The standard InChI is InChI=1S/C23H21N3O/c1-16-3-2-9-26(16)10-8-22-12-19-6-4-18(13-23(19)27-22)17-5-7-20(14-24)21(11-17)15-25/h4-7,11-13,16H,2-3,8-10H2,1H3. The summed E-state index contributed by atoms with van der Waals surface area (Å²) in [4.78, 5) is 2.53. The molecule has 1 atom stereocenters. The van der Waals surface area contributed by atoms with Crippen molar-refractivity contribution in [2.45, 2.75) is 32.2 Å². The van der Waals surface area contributed by atoms with Gasteiger partial charge >= 0.3 is 0 Å². The van der Waals surface area contributed by atoms with Gasteiger partial charge in [-0.05, 0) is 61.7 Å². The number of rotatable bonds is 4. The number of hydrogen-bond donors (Lipinski definition) is 0. The molecule has 0 aliphatic carbocycles. The van der Waals surface area contributed by atoms with Crippen LogP contribution in [0.5, 0.6) is 0 Å². The van der Waals surface area contributed by atoms with Crippen molar-refractivity contribution in [1.82, 2.24) is 4.90 Å². The molecule has 0 spiro atoms. The van der Waals surface area contributed by atoms with Gasteiger partial charge in [-0.25, -0.2) is 0 Å². The molecule has 134 valence electrons. The lowest BCUT2D eigenvalue weighted by molar-refractivity contribution is 0.266. The van der Waals surface area contributed by atoms with E-state index in [4.69, 9.17) is 9.68 Å². The molecular weight excluding hydrogens is 334 g/mol. The second-order valence-corrected chi connectivity index (χ2v) is 7.23. The van der Waals surface area contributed by atoms with Gasteiger partial charge in [-0.2, -0.15) is 10.5 Å². The maximum Gasteiger partial charge on any atom is 0.134 e. The first-order chi connectivity index (χ1) is 13.2. The number of likely N-dealkylation sites (tertiary alicyclic amines) is 1. The molecule has 1 aromatic heterocycles. The van der Waals surface area contributed by atoms with E-state index < -0.39 is 0 Å². The summed E-state index contributed by atoms with van der Waals surface area (Å²) in [5.74, 6) is 1.01. The highest BCUT2D eigenvalue weighted by atomic mass is 16.3. The monoisotopic (exact) mass is 355 g/mol. The molecule has 4 heteroatoms. The zero-order valence-corrected chi connectivity index (χ0v) is 15.4. The molecule has 3 aromatic rings. The minimum absolute atomic E-state index is 0.398. The third kappa shape index (κ3) is 3.45. The van der Waals surface area contributed by atoms with Gasteiger partial charge in [-0.1, -0.05) is 18.2 Å². The second-order valence-electron chi connectivity index (χ2n) is 7.23. The zero-order chi connectivity index (χ0) is 18.8. The Bertz CT molecular complexity index is 1070. The highest BCUT2D eigenvalue weighted by molar-refractivity contribution is 5.84. The molecule has 1 aliphatic heterocycles. The molecule has 1 saturated heterocycles. The number of nitrogens with zero attached hydrogens (tertiary/aromatic N) is 3. The molecule has 0 saturated carbocycles. The molecule has 2 heterocycles. The Labute approximate surface area is 159 Å². The van der Waals surface area contributed by atoms with Gasteiger partial charge in [0.15, 0.2) is 0 Å². The van der Waals surface area contributed by atoms with Crippen LogP contribution < -0.4 is 0 Å². The molecular formula is C23H21N3O. The lowest BCUT2D eigenvalue weighted by atomic mass is 9.99. The topological polar surface area (TPSA) is 64.0 Å². The number of benzene rings is 2. The average molecular weight is 355 g/mol. The number of nitriles is 2. The Morgan fingerprint density at radius 3 is 2.56 bits per heavy atom. The van der Waals surface area contributed by atoms with E-state index in [9.17, 15) is 5.26 Å². The normalized spacial score (nSPS) is 17.1. The third-order valence-corrected chi connectivity index (χ3v) is 5.50. The van der Waals surface area contributed by atoms with E-state index in [-0.39, 0.29) is 0 Å². The fraction of sp³-hybridized carbons (Fsp3) is 0.304. The summed E-state index contributed by atoms with van der Waals surface area (Å²) in [5, 5.41) is 19.4. The Morgan fingerprint density at radius 2 is 1.81 bits per heavy atom. The quantitative estimate of drug-likeness (QED) is 0.670. The van der Waals surface area contributed by atoms with E-state index in [1.165, 1.54) is 19.4 Å². The fourth-order valence-electron chi connectivity index (χ4n) is 3.88. The van der Waals surface area contributed by atoms with Gasteiger partial charge in [0.05, 0.1) is 11.1 Å². The minimum Gasteiger partial charge on any atom is -0.461 e. The minimum atomic E-state index is 0.398.